The van der Waals surface area contributed by atoms with Gasteiger partial charge in [-0.1, -0.05) is 122 Å². The first-order valence-corrected chi connectivity index (χ1v) is 17.9. The van der Waals surface area contributed by atoms with Gasteiger partial charge in [0.2, 0.25) is 0 Å². The number of para-hydroxylation sites is 3. The molecule has 0 saturated carbocycles. The Hall–Kier alpha value is -4.86. The fourth-order valence-corrected chi connectivity index (χ4v) is 14.1. The third kappa shape index (κ3) is 3.45. The Kier molecular flexibility index (Phi) is 6.04. The lowest BCUT2D eigenvalue weighted by Crippen LogP contribution is -2.80. The van der Waals surface area contributed by atoms with E-state index in [9.17, 15) is 0 Å². The standard InChI is InChI=1S/C42H37NOSi/c1-6-18-33-29(7-2)42(30-19-8-11-22-34(30)43(33)41(3,4)5)31-20-9-14-25-37(31)45(38-26-15-10-21-32(38)42)39-27-16-12-23-35(39)44-36-24-13-17-28-40(36)45/h6-28H,2H2,1,3-5H3/b18-6-. The van der Waals surface area contributed by atoms with E-state index in [1.165, 1.54) is 54.4 Å². The molecule has 3 heteroatoms. The van der Waals surface area contributed by atoms with E-state index in [0.29, 0.717) is 0 Å². The van der Waals surface area contributed by atoms with Gasteiger partial charge in [0.15, 0.2) is 8.07 Å². The lowest BCUT2D eigenvalue weighted by Gasteiger charge is -2.55. The van der Waals surface area contributed by atoms with E-state index in [0.717, 1.165) is 11.5 Å². The van der Waals surface area contributed by atoms with Crippen LogP contribution in [0.3, 0.4) is 0 Å². The van der Waals surface area contributed by atoms with Gasteiger partial charge >= 0.3 is 0 Å². The third-order valence-corrected chi connectivity index (χ3v) is 14.9. The highest BCUT2D eigenvalue weighted by molar-refractivity contribution is 7.21. The fraction of sp³-hybridized carbons (Fsp3) is 0.143. The molecule has 2 nitrogen and oxygen atoms in total. The van der Waals surface area contributed by atoms with E-state index in [2.05, 4.69) is 179 Å². The monoisotopic (exact) mass is 599 g/mol. The maximum atomic E-state index is 6.66. The van der Waals surface area contributed by atoms with E-state index in [-0.39, 0.29) is 5.54 Å². The topological polar surface area (TPSA) is 12.5 Å². The molecule has 0 unspecified atom stereocenters. The number of nitrogens with zero attached hydrogens (tertiary/aromatic N) is 1. The molecule has 0 aromatic heterocycles. The average Bonchev–Trinajstić information content (AvgIpc) is 3.06. The summed E-state index contributed by atoms with van der Waals surface area (Å²) < 4.78 is 6.66. The van der Waals surface area contributed by atoms with Crippen LogP contribution in [0.1, 0.15) is 44.4 Å². The second kappa shape index (κ2) is 9.82. The summed E-state index contributed by atoms with van der Waals surface area (Å²) in [4.78, 5) is 2.51. The van der Waals surface area contributed by atoms with Crippen LogP contribution in [-0.2, 0) is 5.41 Å². The minimum Gasteiger partial charge on any atom is -0.458 e. The Balaban J connectivity index is 1.63. The average molecular weight is 600 g/mol. The van der Waals surface area contributed by atoms with Gasteiger partial charge < -0.3 is 9.64 Å². The summed E-state index contributed by atoms with van der Waals surface area (Å²) >= 11 is 0. The predicted octanol–water partition coefficient (Wildman–Crippen LogP) is 7.45. The predicted molar refractivity (Wildman–Crippen MR) is 191 cm³/mol. The van der Waals surface area contributed by atoms with Crippen molar-refractivity contribution in [3.63, 3.8) is 0 Å². The zero-order chi connectivity index (χ0) is 31.0. The second-order valence-corrected chi connectivity index (χ2v) is 16.9. The molecule has 0 saturated heterocycles. The summed E-state index contributed by atoms with van der Waals surface area (Å²) in [6.45, 7) is 13.6. The van der Waals surface area contributed by atoms with Gasteiger partial charge in [-0.2, -0.15) is 0 Å². The van der Waals surface area contributed by atoms with Crippen LogP contribution in [0.25, 0.3) is 0 Å². The number of rotatable bonds is 2. The largest absolute Gasteiger partial charge is 0.458 e. The lowest BCUT2D eigenvalue weighted by atomic mass is 9.61. The third-order valence-electron chi connectivity index (χ3n) is 9.94. The van der Waals surface area contributed by atoms with Crippen molar-refractivity contribution in [3.05, 3.63) is 174 Å². The van der Waals surface area contributed by atoms with Gasteiger partial charge in [-0.15, -0.1) is 0 Å². The maximum Gasteiger partial charge on any atom is 0.188 e. The van der Waals surface area contributed by atoms with Crippen LogP contribution in [0.4, 0.5) is 5.69 Å². The number of anilines is 1. The molecule has 3 heterocycles. The van der Waals surface area contributed by atoms with Gasteiger partial charge in [0, 0.05) is 16.9 Å². The Bertz CT molecular complexity index is 1980. The summed E-state index contributed by atoms with van der Waals surface area (Å²) in [6.07, 6.45) is 6.58. The minimum absolute atomic E-state index is 0.164. The van der Waals surface area contributed by atoms with Crippen molar-refractivity contribution in [2.45, 2.75) is 38.6 Å². The van der Waals surface area contributed by atoms with E-state index in [1.807, 2.05) is 0 Å². The summed E-state index contributed by atoms with van der Waals surface area (Å²) in [5, 5.41) is 5.42. The maximum absolute atomic E-state index is 6.66. The number of hydrogen-bond acceptors (Lipinski definition) is 2. The van der Waals surface area contributed by atoms with Gasteiger partial charge in [0.25, 0.3) is 0 Å². The summed E-state index contributed by atoms with van der Waals surface area (Å²) in [6, 6.07) is 45.0. The molecule has 220 valence electrons. The molecule has 0 bridgehead atoms. The summed E-state index contributed by atoms with van der Waals surface area (Å²) in [5.74, 6) is 1.92. The molecule has 8 rings (SSSR count). The number of benzene rings is 5. The number of ether oxygens (including phenoxy) is 1. The Labute approximate surface area is 267 Å². The van der Waals surface area contributed by atoms with Crippen LogP contribution in [0, 0.1) is 0 Å². The Morgan fingerprint density at radius 1 is 0.644 bits per heavy atom. The molecule has 0 aliphatic carbocycles. The zero-order valence-corrected chi connectivity index (χ0v) is 27.3. The minimum atomic E-state index is -2.83. The van der Waals surface area contributed by atoms with E-state index < -0.39 is 13.5 Å². The molecule has 0 atom stereocenters. The van der Waals surface area contributed by atoms with Crippen LogP contribution >= 0.6 is 0 Å². The molecular weight excluding hydrogens is 563 g/mol. The first-order chi connectivity index (χ1) is 21.9. The van der Waals surface area contributed by atoms with Crippen molar-refractivity contribution in [1.82, 2.24) is 0 Å². The Morgan fingerprint density at radius 2 is 1.11 bits per heavy atom. The smallest absolute Gasteiger partial charge is 0.188 e. The quantitative estimate of drug-likeness (QED) is 0.192. The first kappa shape index (κ1) is 27.7. The van der Waals surface area contributed by atoms with Gasteiger partial charge in [-0.05, 0) is 95.0 Å². The molecule has 0 radical (unpaired) electrons. The Morgan fingerprint density at radius 3 is 1.62 bits per heavy atom. The number of allylic oxidation sites excluding steroid dienone is 4. The highest BCUT2D eigenvalue weighted by Crippen LogP contribution is 2.56. The number of hydrogen-bond donors (Lipinski definition) is 0. The molecule has 0 amide bonds. The lowest BCUT2D eigenvalue weighted by molar-refractivity contribution is 0.487. The van der Waals surface area contributed by atoms with E-state index in [1.54, 1.807) is 0 Å². The molecule has 45 heavy (non-hydrogen) atoms. The highest BCUT2D eigenvalue weighted by Gasteiger charge is 2.60. The van der Waals surface area contributed by atoms with Gasteiger partial charge in [0.1, 0.15) is 11.5 Å². The van der Waals surface area contributed by atoms with Crippen molar-refractivity contribution < 1.29 is 4.74 Å². The molecule has 5 aromatic carbocycles. The summed E-state index contributed by atoms with van der Waals surface area (Å²) in [7, 11) is -2.83. The van der Waals surface area contributed by atoms with Crippen molar-refractivity contribution in [2.75, 3.05) is 4.90 Å². The van der Waals surface area contributed by atoms with Crippen molar-refractivity contribution in [1.29, 1.82) is 0 Å². The van der Waals surface area contributed by atoms with Crippen LogP contribution in [0.2, 0.25) is 0 Å². The van der Waals surface area contributed by atoms with Crippen LogP contribution in [0.5, 0.6) is 11.5 Å². The molecule has 2 spiro atoms. The first-order valence-electron chi connectivity index (χ1n) is 15.9. The molecule has 3 aliphatic heterocycles. The fourth-order valence-electron chi connectivity index (χ4n) is 8.60. The van der Waals surface area contributed by atoms with Crippen molar-refractivity contribution in [2.24, 2.45) is 0 Å². The normalized spacial score (nSPS) is 16.8. The highest BCUT2D eigenvalue weighted by atomic mass is 28.3. The summed E-state index contributed by atoms with van der Waals surface area (Å²) in [5.41, 5.74) is 6.87. The SMILES string of the molecule is C=CC1=C(/C=C\C)N(C(C)(C)C)c2ccccc2C12c1ccccc1[Si]1(c3ccccc3Oc3ccccc31)c1ccccc12. The molecule has 0 N–H and O–H groups in total. The van der Waals surface area contributed by atoms with Crippen LogP contribution in [-0.4, -0.2) is 13.6 Å². The molecule has 0 fully saturated rings. The van der Waals surface area contributed by atoms with Gasteiger partial charge in [0.05, 0.1) is 5.41 Å². The molecular formula is C42H37NOSi. The second-order valence-electron chi connectivity index (χ2n) is 13.2. The van der Waals surface area contributed by atoms with Crippen LogP contribution < -0.4 is 30.4 Å². The van der Waals surface area contributed by atoms with Gasteiger partial charge in [-0.3, -0.25) is 0 Å². The molecule has 5 aromatic rings. The van der Waals surface area contributed by atoms with E-state index in [4.69, 9.17) is 4.74 Å². The van der Waals surface area contributed by atoms with Crippen LogP contribution in [0.15, 0.2) is 157 Å². The van der Waals surface area contributed by atoms with Crippen molar-refractivity contribution >= 4 is 34.5 Å². The molecule has 3 aliphatic rings. The van der Waals surface area contributed by atoms with Gasteiger partial charge in [-0.25, -0.2) is 0 Å². The number of fused-ring (bicyclic) bond motifs is 12. The van der Waals surface area contributed by atoms with Crippen molar-refractivity contribution in [3.8, 4) is 11.5 Å². The zero-order valence-electron chi connectivity index (χ0n) is 26.3. The van der Waals surface area contributed by atoms with E-state index >= 15 is 0 Å².